The summed E-state index contributed by atoms with van der Waals surface area (Å²) in [5.74, 6) is 10.4. The zero-order valence-corrected chi connectivity index (χ0v) is 21.0. The molecule has 0 bridgehead atoms. The first kappa shape index (κ1) is 25.2. The number of rotatable bonds is 9. The standard InChI is InChI=1S/C26H30FN9O2/c1-38-23-6-5-22(36(30)14-33-29)18(25(23)27)11-32-26(37)19(28)10-20-17(8-9-31-20)21-13-35-12-16(15-2-3-15)4-7-24(35)34-21/h4-7,10,12-15,17H,2-3,8-9,11,28-30H2,1H3,(H,32,37)/b19-10-,33-14-. The van der Waals surface area contributed by atoms with Gasteiger partial charge in [-0.15, -0.1) is 0 Å². The second-order valence-corrected chi connectivity index (χ2v) is 9.35. The van der Waals surface area contributed by atoms with Crippen molar-refractivity contribution in [3.8, 4) is 5.75 Å². The van der Waals surface area contributed by atoms with E-state index in [0.29, 0.717) is 18.2 Å². The number of carbonyl (C=O) groups excluding carboxylic acids is 1. The third-order valence-electron chi connectivity index (χ3n) is 6.83. The molecule has 0 saturated heterocycles. The number of fused-ring (bicyclic) bond motifs is 1. The Morgan fingerprint density at radius 3 is 2.84 bits per heavy atom. The number of carbonyl (C=O) groups is 1. The number of aromatic nitrogens is 2. The molecule has 2 aliphatic rings. The lowest BCUT2D eigenvalue weighted by Crippen LogP contribution is -2.33. The first-order valence-corrected chi connectivity index (χ1v) is 12.3. The summed E-state index contributed by atoms with van der Waals surface area (Å²) in [4.78, 5) is 22.2. The molecule has 2 aromatic heterocycles. The quantitative estimate of drug-likeness (QED) is 0.111. The predicted octanol–water partition coefficient (Wildman–Crippen LogP) is 2.03. The minimum atomic E-state index is -0.675. The zero-order chi connectivity index (χ0) is 26.8. The van der Waals surface area contributed by atoms with Crippen molar-refractivity contribution in [3.05, 3.63) is 71.1 Å². The molecular formula is C26H30FN9O2. The van der Waals surface area contributed by atoms with E-state index in [1.165, 1.54) is 37.6 Å². The Morgan fingerprint density at radius 2 is 2.11 bits per heavy atom. The maximum Gasteiger partial charge on any atom is 0.267 e. The minimum Gasteiger partial charge on any atom is -0.494 e. The van der Waals surface area contributed by atoms with Crippen molar-refractivity contribution in [1.29, 1.82) is 0 Å². The van der Waals surface area contributed by atoms with E-state index in [9.17, 15) is 4.79 Å². The van der Waals surface area contributed by atoms with Crippen LogP contribution in [0.25, 0.3) is 5.65 Å². The molecule has 1 amide bonds. The molecule has 38 heavy (non-hydrogen) atoms. The SMILES string of the molecule is COc1ccc(N(N)/C=N\N)c(CNC(=O)/C(N)=C/C2=NCCC2c2cn3cc(C4CC4)ccc3n2)c1F. The Bertz CT molecular complexity index is 1460. The third-order valence-corrected chi connectivity index (χ3v) is 6.83. The number of hydrogen-bond donors (Lipinski definition) is 4. The number of methoxy groups -OCH3 is 1. The van der Waals surface area contributed by atoms with Crippen LogP contribution >= 0.6 is 0 Å². The molecule has 198 valence electrons. The number of aliphatic imine (C=N–C) groups is 1. The number of hydrazine groups is 1. The molecule has 11 nitrogen and oxygen atoms in total. The number of allylic oxidation sites excluding steroid dienone is 1. The van der Waals surface area contributed by atoms with Gasteiger partial charge in [0.2, 0.25) is 0 Å². The van der Waals surface area contributed by atoms with Crippen LogP contribution in [0.2, 0.25) is 0 Å². The van der Waals surface area contributed by atoms with Gasteiger partial charge >= 0.3 is 0 Å². The second-order valence-electron chi connectivity index (χ2n) is 9.35. The molecule has 3 aromatic rings. The van der Waals surface area contributed by atoms with Crippen LogP contribution < -0.4 is 32.5 Å². The highest BCUT2D eigenvalue weighted by Crippen LogP contribution is 2.40. The fourth-order valence-electron chi connectivity index (χ4n) is 4.67. The maximum atomic E-state index is 15.0. The van der Waals surface area contributed by atoms with Gasteiger partial charge in [-0.05, 0) is 55.0 Å². The largest absolute Gasteiger partial charge is 0.494 e. The van der Waals surface area contributed by atoms with Crippen LogP contribution in [-0.4, -0.2) is 41.0 Å². The number of hydrogen-bond acceptors (Lipinski definition) is 8. The molecule has 1 aliphatic carbocycles. The van der Waals surface area contributed by atoms with Crippen LogP contribution in [0.3, 0.4) is 0 Å². The van der Waals surface area contributed by atoms with E-state index in [-0.39, 0.29) is 35.2 Å². The topological polar surface area (TPSA) is 162 Å². The second kappa shape index (κ2) is 10.5. The molecule has 3 heterocycles. The lowest BCUT2D eigenvalue weighted by atomic mass is 9.98. The van der Waals surface area contributed by atoms with E-state index in [0.717, 1.165) is 29.1 Å². The summed E-state index contributed by atoms with van der Waals surface area (Å²) < 4.78 is 22.1. The number of ether oxygens (including phenoxy) is 1. The molecule has 1 unspecified atom stereocenters. The number of nitrogens with one attached hydrogen (secondary N) is 1. The van der Waals surface area contributed by atoms with E-state index in [1.54, 1.807) is 6.08 Å². The van der Waals surface area contributed by atoms with Crippen LogP contribution in [-0.2, 0) is 11.3 Å². The molecule has 0 radical (unpaired) electrons. The van der Waals surface area contributed by atoms with Gasteiger partial charge in [0, 0.05) is 42.7 Å². The molecule has 5 rings (SSSR count). The van der Waals surface area contributed by atoms with E-state index >= 15 is 4.39 Å². The summed E-state index contributed by atoms with van der Waals surface area (Å²) in [5.41, 5.74) is 10.2. The van der Waals surface area contributed by atoms with E-state index < -0.39 is 11.7 Å². The molecule has 1 aromatic carbocycles. The van der Waals surface area contributed by atoms with Crippen LogP contribution in [0.4, 0.5) is 10.1 Å². The number of hydrazone groups is 1. The third kappa shape index (κ3) is 5.02. The van der Waals surface area contributed by atoms with Gasteiger partial charge in [0.25, 0.3) is 5.91 Å². The van der Waals surface area contributed by atoms with Gasteiger partial charge in [-0.25, -0.2) is 15.2 Å². The Labute approximate surface area is 218 Å². The lowest BCUT2D eigenvalue weighted by Gasteiger charge is -2.19. The average molecular weight is 520 g/mol. The smallest absolute Gasteiger partial charge is 0.267 e. The van der Waals surface area contributed by atoms with E-state index in [4.69, 9.17) is 27.1 Å². The predicted molar refractivity (Wildman–Crippen MR) is 143 cm³/mol. The van der Waals surface area contributed by atoms with Gasteiger partial charge in [0.15, 0.2) is 11.6 Å². The number of pyridine rings is 1. The normalized spacial score (nSPS) is 17.7. The fourth-order valence-corrected chi connectivity index (χ4v) is 4.67. The first-order chi connectivity index (χ1) is 18.4. The minimum absolute atomic E-state index is 0.000500. The van der Waals surface area contributed by atoms with Gasteiger partial charge in [0.1, 0.15) is 12.0 Å². The number of benzene rings is 1. The Hall–Kier alpha value is -4.45. The summed E-state index contributed by atoms with van der Waals surface area (Å²) in [6.45, 7) is 0.406. The molecule has 12 heteroatoms. The molecule has 7 N–H and O–H groups in total. The summed E-state index contributed by atoms with van der Waals surface area (Å²) in [5, 5.41) is 7.04. The highest BCUT2D eigenvalue weighted by atomic mass is 19.1. The molecule has 1 aliphatic heterocycles. The van der Waals surface area contributed by atoms with Crippen molar-refractivity contribution < 1.29 is 13.9 Å². The van der Waals surface area contributed by atoms with Crippen LogP contribution in [0, 0.1) is 5.82 Å². The van der Waals surface area contributed by atoms with Crippen molar-refractivity contribution in [2.24, 2.45) is 27.5 Å². The van der Waals surface area contributed by atoms with Gasteiger partial charge in [-0.3, -0.25) is 14.8 Å². The molecular weight excluding hydrogens is 489 g/mol. The molecule has 1 atom stereocenters. The van der Waals surface area contributed by atoms with Crippen molar-refractivity contribution in [2.75, 3.05) is 18.7 Å². The van der Waals surface area contributed by atoms with Crippen molar-refractivity contribution in [1.82, 2.24) is 14.7 Å². The summed E-state index contributed by atoms with van der Waals surface area (Å²) in [6, 6.07) is 7.12. The van der Waals surface area contributed by atoms with Crippen LogP contribution in [0.5, 0.6) is 5.75 Å². The average Bonchev–Trinajstić information content (AvgIpc) is 3.52. The van der Waals surface area contributed by atoms with E-state index in [2.05, 4.69) is 32.1 Å². The molecule has 1 fully saturated rings. The highest BCUT2D eigenvalue weighted by Gasteiger charge is 2.27. The molecule has 0 spiro atoms. The summed E-state index contributed by atoms with van der Waals surface area (Å²) in [7, 11) is 1.34. The summed E-state index contributed by atoms with van der Waals surface area (Å²) in [6.07, 6.45) is 10.1. The monoisotopic (exact) mass is 519 g/mol. The van der Waals surface area contributed by atoms with Crippen LogP contribution in [0.1, 0.15) is 47.9 Å². The number of nitrogens with two attached hydrogens (primary N) is 3. The Balaban J connectivity index is 1.31. The van der Waals surface area contributed by atoms with Crippen molar-refractivity contribution in [2.45, 2.75) is 37.6 Å². The number of anilines is 1. The Kier molecular flexibility index (Phi) is 6.97. The first-order valence-electron chi connectivity index (χ1n) is 12.3. The van der Waals surface area contributed by atoms with Gasteiger partial charge in [-0.2, -0.15) is 5.10 Å². The van der Waals surface area contributed by atoms with Gasteiger partial charge in [0.05, 0.1) is 24.2 Å². The maximum absolute atomic E-state index is 15.0. The lowest BCUT2D eigenvalue weighted by molar-refractivity contribution is -0.117. The molecule has 1 saturated carbocycles. The highest BCUT2D eigenvalue weighted by molar-refractivity contribution is 6.07. The van der Waals surface area contributed by atoms with E-state index in [1.807, 2.05) is 12.3 Å². The van der Waals surface area contributed by atoms with Crippen molar-refractivity contribution in [3.63, 3.8) is 0 Å². The number of amides is 1. The zero-order valence-electron chi connectivity index (χ0n) is 21.0. The fraction of sp³-hybridized carbons (Fsp3) is 0.308. The summed E-state index contributed by atoms with van der Waals surface area (Å²) >= 11 is 0. The van der Waals surface area contributed by atoms with Gasteiger partial charge in [-0.1, -0.05) is 6.07 Å². The number of halogens is 1. The number of imidazole rings is 1. The van der Waals surface area contributed by atoms with Crippen molar-refractivity contribution >= 4 is 29.3 Å². The Morgan fingerprint density at radius 1 is 1.29 bits per heavy atom. The number of nitrogens with zero attached hydrogens (tertiary/aromatic N) is 5. The van der Waals surface area contributed by atoms with Crippen LogP contribution in [0.15, 0.2) is 58.5 Å². The van der Waals surface area contributed by atoms with Gasteiger partial charge < -0.3 is 26.0 Å².